The summed E-state index contributed by atoms with van der Waals surface area (Å²) in [7, 11) is 0. The number of aryl methyl sites for hydroxylation is 1. The van der Waals surface area contributed by atoms with Crippen LogP contribution in [0.2, 0.25) is 5.02 Å². The third-order valence-corrected chi connectivity index (χ3v) is 7.37. The normalized spacial score (nSPS) is 27.4. The molecule has 0 radical (unpaired) electrons. The van der Waals surface area contributed by atoms with E-state index in [9.17, 15) is 9.59 Å². The second-order valence-electron chi connectivity index (χ2n) is 9.65. The van der Waals surface area contributed by atoms with Gasteiger partial charge in [-0.2, -0.15) is 15.3 Å². The molecule has 1 aromatic carbocycles. The van der Waals surface area contributed by atoms with Crippen LogP contribution in [-0.4, -0.2) is 44.0 Å². The summed E-state index contributed by atoms with van der Waals surface area (Å²) >= 11 is 5.96. The molecule has 0 N–H and O–H groups in total. The molecular weight excluding hydrogens is 468 g/mol. The first kappa shape index (κ1) is 21.8. The second kappa shape index (κ2) is 7.39. The molecule has 2 aromatic heterocycles. The van der Waals surface area contributed by atoms with Gasteiger partial charge in [-0.1, -0.05) is 31.5 Å². The van der Waals surface area contributed by atoms with Gasteiger partial charge in [0.15, 0.2) is 23.2 Å². The summed E-state index contributed by atoms with van der Waals surface area (Å²) < 4.78 is 7.28. The molecule has 3 atom stereocenters. The fraction of sp³-hybridized carbons (Fsp3) is 0.320. The van der Waals surface area contributed by atoms with Crippen molar-refractivity contribution >= 4 is 34.9 Å². The number of nitrogens with zero attached hydrogens (tertiary/aromatic N) is 6. The molecule has 9 nitrogen and oxygen atoms in total. The number of cyclic esters (lactones) is 1. The first-order valence-corrected chi connectivity index (χ1v) is 11.6. The summed E-state index contributed by atoms with van der Waals surface area (Å²) in [5.74, 6) is -0.961. The first-order chi connectivity index (χ1) is 16.7. The molecular formula is C25H21ClN6O3. The van der Waals surface area contributed by atoms with Gasteiger partial charge in [-0.15, -0.1) is 0 Å². The smallest absolute Gasteiger partial charge is 0.321 e. The van der Waals surface area contributed by atoms with E-state index in [0.717, 1.165) is 5.69 Å². The number of esters is 1. The predicted molar refractivity (Wildman–Crippen MR) is 127 cm³/mol. The molecule has 0 saturated carbocycles. The van der Waals surface area contributed by atoms with Gasteiger partial charge in [-0.25, -0.2) is 14.7 Å². The van der Waals surface area contributed by atoms with Crippen LogP contribution in [0.25, 0.3) is 5.82 Å². The Hall–Kier alpha value is -3.72. The molecule has 3 unspecified atom stereocenters. The van der Waals surface area contributed by atoms with E-state index in [-0.39, 0.29) is 11.7 Å². The van der Waals surface area contributed by atoms with E-state index in [2.05, 4.69) is 25.3 Å². The van der Waals surface area contributed by atoms with Crippen molar-refractivity contribution in [3.63, 3.8) is 0 Å². The molecule has 0 bridgehead atoms. The zero-order chi connectivity index (χ0) is 24.5. The zero-order valence-electron chi connectivity index (χ0n) is 19.3. The summed E-state index contributed by atoms with van der Waals surface area (Å²) in [6.45, 7) is 5.65. The van der Waals surface area contributed by atoms with E-state index in [1.807, 2.05) is 32.0 Å². The summed E-state index contributed by atoms with van der Waals surface area (Å²) in [5, 5.41) is 14.1. The number of fused-ring (bicyclic) bond motifs is 3. The summed E-state index contributed by atoms with van der Waals surface area (Å²) in [6.07, 6.45) is 2.13. The molecule has 3 aromatic rings. The molecule has 4 heterocycles. The van der Waals surface area contributed by atoms with Gasteiger partial charge in [0.1, 0.15) is 5.92 Å². The summed E-state index contributed by atoms with van der Waals surface area (Å²) in [5.41, 5.74) is 0.172. The highest BCUT2D eigenvalue weighted by Crippen LogP contribution is 2.56. The number of rotatable bonds is 2. The number of Topliss-reactive ketones (excluding diaryl/α,β-unsaturated/α-hetero) is 1. The van der Waals surface area contributed by atoms with E-state index in [4.69, 9.17) is 16.3 Å². The Bertz CT molecular complexity index is 1440. The number of halogens is 1. The number of aromatic nitrogens is 3. The highest BCUT2D eigenvalue weighted by molar-refractivity contribution is 6.30. The highest BCUT2D eigenvalue weighted by atomic mass is 35.5. The molecule has 1 spiro atoms. The number of hydrogen-bond donors (Lipinski definition) is 0. The number of ketones is 1. The minimum Gasteiger partial charge on any atom is -0.409 e. The second-order valence-corrected chi connectivity index (χ2v) is 10.1. The Morgan fingerprint density at radius 2 is 1.91 bits per heavy atom. The van der Waals surface area contributed by atoms with Crippen molar-refractivity contribution in [3.8, 4) is 5.82 Å². The Labute approximate surface area is 205 Å². The molecule has 2 aliphatic heterocycles. The number of benzene rings is 1. The SMILES string of the molecule is Cc1nn(-c2ccccn2)c2c1C(=O)C1(N=NC3C(=Nc4ccc(Cl)cc4)OC(=O)C31)C(C)(C)C2. The molecule has 35 heavy (non-hydrogen) atoms. The summed E-state index contributed by atoms with van der Waals surface area (Å²) in [6, 6.07) is 11.6. The first-order valence-electron chi connectivity index (χ1n) is 11.3. The van der Waals surface area contributed by atoms with Crippen LogP contribution >= 0.6 is 11.6 Å². The number of aliphatic imine (C=N–C) groups is 1. The van der Waals surface area contributed by atoms with E-state index >= 15 is 0 Å². The van der Waals surface area contributed by atoms with E-state index < -0.39 is 28.9 Å². The fourth-order valence-electron chi connectivity index (χ4n) is 5.46. The van der Waals surface area contributed by atoms with Gasteiger partial charge in [0.05, 0.1) is 22.6 Å². The molecule has 1 saturated heterocycles. The minimum atomic E-state index is -1.41. The van der Waals surface area contributed by atoms with Gasteiger partial charge >= 0.3 is 5.97 Å². The lowest BCUT2D eigenvalue weighted by atomic mass is 9.56. The number of azo groups is 1. The average Bonchev–Trinajstić information content (AvgIpc) is 3.48. The van der Waals surface area contributed by atoms with Crippen molar-refractivity contribution in [1.29, 1.82) is 0 Å². The Kier molecular flexibility index (Phi) is 4.60. The largest absolute Gasteiger partial charge is 0.409 e. The van der Waals surface area contributed by atoms with Gasteiger partial charge in [0.2, 0.25) is 5.90 Å². The molecule has 1 fully saturated rings. The lowest BCUT2D eigenvalue weighted by molar-refractivity contribution is -0.139. The van der Waals surface area contributed by atoms with Crippen LogP contribution in [-0.2, 0) is 16.0 Å². The zero-order valence-corrected chi connectivity index (χ0v) is 20.0. The van der Waals surface area contributed by atoms with Crippen molar-refractivity contribution in [2.75, 3.05) is 0 Å². The summed E-state index contributed by atoms with van der Waals surface area (Å²) in [4.78, 5) is 36.3. The van der Waals surface area contributed by atoms with Gasteiger partial charge in [-0.05, 0) is 49.7 Å². The molecule has 1 aliphatic carbocycles. The number of hydrogen-bond acceptors (Lipinski definition) is 8. The third kappa shape index (κ3) is 2.97. The molecule has 6 rings (SSSR count). The van der Waals surface area contributed by atoms with Crippen LogP contribution < -0.4 is 0 Å². The maximum atomic E-state index is 14.2. The molecule has 3 aliphatic rings. The van der Waals surface area contributed by atoms with E-state index in [0.29, 0.717) is 34.2 Å². The molecule has 176 valence electrons. The number of carbonyl (C=O) groups is 2. The van der Waals surface area contributed by atoms with Crippen LogP contribution in [0, 0.1) is 18.3 Å². The van der Waals surface area contributed by atoms with Gasteiger partial charge in [-0.3, -0.25) is 9.59 Å². The lowest BCUT2D eigenvalue weighted by Crippen LogP contribution is -2.60. The fourth-order valence-corrected chi connectivity index (χ4v) is 5.58. The Morgan fingerprint density at radius 1 is 1.14 bits per heavy atom. The maximum Gasteiger partial charge on any atom is 0.321 e. The number of carbonyl (C=O) groups excluding carboxylic acids is 2. The topological polar surface area (TPSA) is 111 Å². The van der Waals surface area contributed by atoms with Gasteiger partial charge < -0.3 is 4.74 Å². The van der Waals surface area contributed by atoms with Crippen molar-refractivity contribution in [2.45, 2.75) is 38.8 Å². The monoisotopic (exact) mass is 488 g/mol. The van der Waals surface area contributed by atoms with Crippen LogP contribution in [0.5, 0.6) is 0 Å². The number of pyridine rings is 1. The van der Waals surface area contributed by atoms with Crippen LogP contribution in [0.4, 0.5) is 5.69 Å². The standard InChI is InChI=1S/C25H21ClN6O3/c1-13-18-16(32(30-13)17-6-4-5-11-27-17)12-24(2,3)25(21(18)33)19-20(29-31-25)22(35-23(19)34)28-15-9-7-14(26)8-10-15/h4-11,19-20H,12H2,1-3H3. The van der Waals surface area contributed by atoms with Crippen molar-refractivity contribution < 1.29 is 14.3 Å². The maximum absolute atomic E-state index is 14.2. The van der Waals surface area contributed by atoms with Gasteiger partial charge in [0.25, 0.3) is 0 Å². The van der Waals surface area contributed by atoms with Crippen LogP contribution in [0.3, 0.4) is 0 Å². The lowest BCUT2D eigenvalue weighted by Gasteiger charge is -2.44. The van der Waals surface area contributed by atoms with Crippen molar-refractivity contribution in [1.82, 2.24) is 14.8 Å². The Balaban J connectivity index is 1.45. The van der Waals surface area contributed by atoms with E-state index in [1.54, 1.807) is 42.1 Å². The van der Waals surface area contributed by atoms with Crippen LogP contribution in [0.15, 0.2) is 63.9 Å². The van der Waals surface area contributed by atoms with Crippen molar-refractivity contribution in [2.24, 2.45) is 26.6 Å². The van der Waals surface area contributed by atoms with Crippen LogP contribution in [0.1, 0.15) is 35.6 Å². The van der Waals surface area contributed by atoms with Gasteiger partial charge in [0, 0.05) is 16.6 Å². The molecule has 10 heteroatoms. The van der Waals surface area contributed by atoms with E-state index in [1.165, 1.54) is 0 Å². The minimum absolute atomic E-state index is 0.137. The third-order valence-electron chi connectivity index (χ3n) is 7.12. The average molecular weight is 489 g/mol. The quantitative estimate of drug-likeness (QED) is 0.494. The predicted octanol–water partition coefficient (Wildman–Crippen LogP) is 4.47. The Morgan fingerprint density at radius 3 is 2.63 bits per heavy atom. The van der Waals surface area contributed by atoms with Crippen molar-refractivity contribution in [3.05, 3.63) is 70.6 Å². The number of ether oxygens (including phenoxy) is 1. The molecule has 0 amide bonds. The highest BCUT2D eigenvalue weighted by Gasteiger charge is 2.71.